The molecule has 0 spiro atoms. The lowest BCUT2D eigenvalue weighted by atomic mass is 10.2. The minimum atomic E-state index is -0.666. The first-order valence-electron chi connectivity index (χ1n) is 7.38. The number of nitrogens with zero attached hydrogens (tertiary/aromatic N) is 1. The molecule has 0 atom stereocenters. The summed E-state index contributed by atoms with van der Waals surface area (Å²) < 4.78 is 15.6. The molecule has 3 rings (SSSR count). The molecule has 0 saturated heterocycles. The minimum Gasteiger partial charge on any atom is -0.478 e. The number of benzene rings is 1. The number of carbonyl (C=O) groups excluding carboxylic acids is 2. The second-order valence-electron chi connectivity index (χ2n) is 4.89. The van der Waals surface area contributed by atoms with Gasteiger partial charge in [-0.1, -0.05) is 11.6 Å². The van der Waals surface area contributed by atoms with Crippen LogP contribution in [0.5, 0.6) is 17.4 Å². The van der Waals surface area contributed by atoms with Crippen LogP contribution in [0.15, 0.2) is 30.3 Å². The number of aromatic nitrogens is 1. The van der Waals surface area contributed by atoms with Crippen molar-refractivity contribution in [3.8, 4) is 17.4 Å². The molecule has 1 aliphatic rings. The molecule has 9 heteroatoms. The predicted molar refractivity (Wildman–Crippen MR) is 87.9 cm³/mol. The van der Waals surface area contributed by atoms with Crippen LogP contribution >= 0.6 is 11.6 Å². The molecule has 2 N–H and O–H groups in total. The minimum absolute atomic E-state index is 0.0568. The maximum atomic E-state index is 12.2. The van der Waals surface area contributed by atoms with E-state index in [1.54, 1.807) is 25.1 Å². The molecule has 0 unspecified atom stereocenters. The highest BCUT2D eigenvalue weighted by Gasteiger charge is 2.18. The van der Waals surface area contributed by atoms with E-state index in [1.807, 2.05) is 0 Å². The van der Waals surface area contributed by atoms with Gasteiger partial charge in [0.05, 0.1) is 11.6 Å². The van der Waals surface area contributed by atoms with Crippen molar-refractivity contribution in [1.29, 1.82) is 0 Å². The summed E-state index contributed by atoms with van der Waals surface area (Å²) in [6, 6.07) is 7.73. The Labute approximate surface area is 148 Å². The highest BCUT2D eigenvalue weighted by molar-refractivity contribution is 6.33. The zero-order valence-electron chi connectivity index (χ0n) is 13.2. The van der Waals surface area contributed by atoms with Gasteiger partial charge < -0.3 is 14.2 Å². The van der Waals surface area contributed by atoms with Crippen LogP contribution in [0.1, 0.15) is 27.8 Å². The largest absolute Gasteiger partial charge is 0.478 e. The summed E-state index contributed by atoms with van der Waals surface area (Å²) in [5.41, 5.74) is 4.80. The third-order valence-electron chi connectivity index (χ3n) is 3.25. The van der Waals surface area contributed by atoms with E-state index in [9.17, 15) is 9.59 Å². The third-order valence-corrected chi connectivity index (χ3v) is 3.56. The summed E-state index contributed by atoms with van der Waals surface area (Å²) in [6.45, 7) is 2.30. The number of hydrogen-bond acceptors (Lipinski definition) is 6. The lowest BCUT2D eigenvalue weighted by Gasteiger charge is -2.09. The number of carbonyl (C=O) groups is 2. The van der Waals surface area contributed by atoms with Crippen molar-refractivity contribution in [3.05, 3.63) is 46.6 Å². The lowest BCUT2D eigenvalue weighted by Crippen LogP contribution is -2.42. The molecule has 2 aromatic rings. The lowest BCUT2D eigenvalue weighted by molar-refractivity contribution is 0.0843. The quantitative estimate of drug-likeness (QED) is 0.805. The van der Waals surface area contributed by atoms with Gasteiger partial charge in [-0.15, -0.1) is 0 Å². The smallest absolute Gasteiger partial charge is 0.289 e. The normalized spacial score (nSPS) is 11.8. The van der Waals surface area contributed by atoms with Crippen LogP contribution in [0.4, 0.5) is 0 Å². The number of ether oxygens (including phenoxy) is 3. The first-order valence-corrected chi connectivity index (χ1v) is 7.76. The summed E-state index contributed by atoms with van der Waals surface area (Å²) in [5, 5.41) is 0.137. The Kier molecular flexibility index (Phi) is 4.90. The SMILES string of the molecule is CCOc1ccc(Cl)c(C(=O)NNC(=O)c2ccc3c(c2)OCO3)n1. The van der Waals surface area contributed by atoms with Crippen molar-refractivity contribution in [2.75, 3.05) is 13.4 Å². The fraction of sp³-hybridized carbons (Fsp3) is 0.188. The highest BCUT2D eigenvalue weighted by Crippen LogP contribution is 2.32. The van der Waals surface area contributed by atoms with Crippen LogP contribution in [0.3, 0.4) is 0 Å². The van der Waals surface area contributed by atoms with E-state index in [2.05, 4.69) is 15.8 Å². The van der Waals surface area contributed by atoms with Crippen LogP contribution in [-0.2, 0) is 0 Å². The van der Waals surface area contributed by atoms with Crippen molar-refractivity contribution in [1.82, 2.24) is 15.8 Å². The van der Waals surface area contributed by atoms with Gasteiger partial charge in [0, 0.05) is 11.6 Å². The topological polar surface area (TPSA) is 98.8 Å². The molecule has 1 aromatic carbocycles. The second-order valence-corrected chi connectivity index (χ2v) is 5.30. The Morgan fingerprint density at radius 1 is 1.16 bits per heavy atom. The van der Waals surface area contributed by atoms with E-state index in [1.165, 1.54) is 12.1 Å². The molecule has 0 saturated carbocycles. The molecule has 1 aromatic heterocycles. The van der Waals surface area contributed by atoms with Gasteiger partial charge in [0.2, 0.25) is 12.7 Å². The first-order chi connectivity index (χ1) is 12.1. The van der Waals surface area contributed by atoms with E-state index in [4.69, 9.17) is 25.8 Å². The zero-order chi connectivity index (χ0) is 17.8. The molecule has 8 nitrogen and oxygen atoms in total. The average molecular weight is 364 g/mol. The van der Waals surface area contributed by atoms with E-state index in [0.717, 1.165) is 0 Å². The molecule has 2 amide bonds. The maximum absolute atomic E-state index is 12.2. The van der Waals surface area contributed by atoms with E-state index in [-0.39, 0.29) is 23.4 Å². The number of nitrogens with one attached hydrogen (secondary N) is 2. The zero-order valence-corrected chi connectivity index (χ0v) is 13.9. The summed E-state index contributed by atoms with van der Waals surface area (Å²) in [6.07, 6.45) is 0. The van der Waals surface area contributed by atoms with Gasteiger partial charge in [-0.3, -0.25) is 20.4 Å². The molecule has 2 heterocycles. The number of rotatable bonds is 4. The van der Waals surface area contributed by atoms with Gasteiger partial charge in [-0.05, 0) is 31.2 Å². The summed E-state index contributed by atoms with van der Waals surface area (Å²) >= 11 is 5.97. The molecule has 25 heavy (non-hydrogen) atoms. The standard InChI is InChI=1S/C16H14ClN3O5/c1-2-23-13-6-4-10(17)14(18-13)16(22)20-19-15(21)9-3-5-11-12(7-9)25-8-24-11/h3-7H,2,8H2,1H3,(H,19,21)(H,20,22). The number of halogens is 1. The monoisotopic (exact) mass is 363 g/mol. The van der Waals surface area contributed by atoms with Crippen LogP contribution in [0, 0.1) is 0 Å². The molecular formula is C16H14ClN3O5. The number of pyridine rings is 1. The number of hydrogen-bond donors (Lipinski definition) is 2. The Morgan fingerprint density at radius 2 is 1.92 bits per heavy atom. The Hall–Kier alpha value is -3.00. The van der Waals surface area contributed by atoms with Gasteiger partial charge in [0.1, 0.15) is 0 Å². The summed E-state index contributed by atoms with van der Waals surface area (Å²) in [4.78, 5) is 28.3. The second kappa shape index (κ2) is 7.27. The molecule has 0 radical (unpaired) electrons. The molecule has 0 bridgehead atoms. The van der Waals surface area contributed by atoms with Crippen molar-refractivity contribution in [2.45, 2.75) is 6.92 Å². The van der Waals surface area contributed by atoms with Crippen LogP contribution < -0.4 is 25.1 Å². The summed E-state index contributed by atoms with van der Waals surface area (Å²) in [7, 11) is 0. The van der Waals surface area contributed by atoms with Crippen LogP contribution in [0.25, 0.3) is 0 Å². The van der Waals surface area contributed by atoms with Crippen molar-refractivity contribution >= 4 is 23.4 Å². The Balaban J connectivity index is 1.66. The fourth-order valence-corrected chi connectivity index (χ4v) is 2.29. The molecule has 0 fully saturated rings. The Morgan fingerprint density at radius 3 is 2.72 bits per heavy atom. The molecular weight excluding hydrogens is 350 g/mol. The number of fused-ring (bicyclic) bond motifs is 1. The Bertz CT molecular complexity index is 827. The van der Waals surface area contributed by atoms with Gasteiger partial charge in [-0.2, -0.15) is 0 Å². The van der Waals surface area contributed by atoms with E-state index in [0.29, 0.717) is 23.7 Å². The summed E-state index contributed by atoms with van der Waals surface area (Å²) in [5.74, 6) is 0.0981. The number of hydrazine groups is 1. The first kappa shape index (κ1) is 16.8. The average Bonchev–Trinajstić information content (AvgIpc) is 3.09. The fourth-order valence-electron chi connectivity index (χ4n) is 2.09. The van der Waals surface area contributed by atoms with Crippen LogP contribution in [0.2, 0.25) is 5.02 Å². The van der Waals surface area contributed by atoms with Gasteiger partial charge in [-0.25, -0.2) is 4.98 Å². The van der Waals surface area contributed by atoms with E-state index >= 15 is 0 Å². The van der Waals surface area contributed by atoms with Crippen LogP contribution in [-0.4, -0.2) is 30.2 Å². The molecule has 0 aliphatic carbocycles. The molecule has 1 aliphatic heterocycles. The van der Waals surface area contributed by atoms with Crippen molar-refractivity contribution in [3.63, 3.8) is 0 Å². The van der Waals surface area contributed by atoms with Crippen molar-refractivity contribution in [2.24, 2.45) is 0 Å². The highest BCUT2D eigenvalue weighted by atomic mass is 35.5. The molecule has 130 valence electrons. The number of amides is 2. The third kappa shape index (κ3) is 3.74. The van der Waals surface area contributed by atoms with Gasteiger partial charge in [0.15, 0.2) is 17.2 Å². The predicted octanol–water partition coefficient (Wildman–Crippen LogP) is 1.94. The van der Waals surface area contributed by atoms with Gasteiger partial charge in [0.25, 0.3) is 11.8 Å². The van der Waals surface area contributed by atoms with Gasteiger partial charge >= 0.3 is 0 Å². The maximum Gasteiger partial charge on any atom is 0.289 e. The van der Waals surface area contributed by atoms with Crippen molar-refractivity contribution < 1.29 is 23.8 Å². The van der Waals surface area contributed by atoms with E-state index < -0.39 is 11.8 Å².